The number of rotatable bonds is 13. The molecule has 0 aliphatic carbocycles. The van der Waals surface area contributed by atoms with E-state index in [9.17, 15) is 18.0 Å². The van der Waals surface area contributed by atoms with E-state index in [2.05, 4.69) is 12.2 Å². The molecular formula is C28H41N3O4S. The van der Waals surface area contributed by atoms with Gasteiger partial charge in [0.25, 0.3) is 0 Å². The third-order valence-electron chi connectivity index (χ3n) is 6.53. The van der Waals surface area contributed by atoms with Crippen LogP contribution < -0.4 is 9.62 Å². The van der Waals surface area contributed by atoms with Crippen LogP contribution in [0.25, 0.3) is 0 Å². The Balaban J connectivity index is 2.17. The predicted molar refractivity (Wildman–Crippen MR) is 146 cm³/mol. The highest BCUT2D eigenvalue weighted by Crippen LogP contribution is 2.22. The number of unbranched alkanes of at least 4 members (excludes halogenated alkanes) is 1. The molecule has 0 saturated carbocycles. The smallest absolute Gasteiger partial charge is 0.242 e. The van der Waals surface area contributed by atoms with Crippen molar-refractivity contribution in [3.05, 3.63) is 64.7 Å². The minimum absolute atomic E-state index is 0.134. The van der Waals surface area contributed by atoms with E-state index in [1.807, 2.05) is 57.2 Å². The Hall–Kier alpha value is -2.87. The largest absolute Gasteiger partial charge is 0.354 e. The zero-order valence-corrected chi connectivity index (χ0v) is 23.3. The summed E-state index contributed by atoms with van der Waals surface area (Å²) >= 11 is 0. The molecule has 7 nitrogen and oxygen atoms in total. The third-order valence-corrected chi connectivity index (χ3v) is 7.72. The molecule has 198 valence electrons. The van der Waals surface area contributed by atoms with Crippen molar-refractivity contribution < 1.29 is 18.0 Å². The normalized spacial score (nSPS) is 12.2. The molecular weight excluding hydrogens is 474 g/mol. The molecule has 2 aromatic rings. The fraction of sp³-hybridized carbons (Fsp3) is 0.500. The standard InChI is InChI=1S/C28H41N3O4S/c1-7-8-17-29-28(33)24(5)30(20-25-13-10-9-12-22(25)3)27(32)14-11-18-31(36(6,34)35)26-16-15-21(2)23(4)19-26/h9-10,12-13,15-16,19,24H,7-8,11,14,17-18,20H2,1-6H3,(H,29,33). The summed E-state index contributed by atoms with van der Waals surface area (Å²) in [6, 6.07) is 12.7. The van der Waals surface area contributed by atoms with Crippen molar-refractivity contribution in [3.63, 3.8) is 0 Å². The number of benzene rings is 2. The maximum Gasteiger partial charge on any atom is 0.242 e. The third kappa shape index (κ3) is 8.36. The fourth-order valence-electron chi connectivity index (χ4n) is 3.97. The molecule has 1 N–H and O–H groups in total. The van der Waals surface area contributed by atoms with E-state index in [4.69, 9.17) is 0 Å². The van der Waals surface area contributed by atoms with Crippen molar-refractivity contribution >= 4 is 27.5 Å². The number of carbonyl (C=O) groups excluding carboxylic acids is 2. The number of anilines is 1. The van der Waals surface area contributed by atoms with E-state index in [1.54, 1.807) is 17.9 Å². The van der Waals surface area contributed by atoms with Crippen LogP contribution in [0.3, 0.4) is 0 Å². The molecule has 0 aromatic heterocycles. The van der Waals surface area contributed by atoms with Crippen LogP contribution in [-0.2, 0) is 26.2 Å². The SMILES string of the molecule is CCCCNC(=O)C(C)N(Cc1ccccc1C)C(=O)CCCN(c1ccc(C)c(C)c1)S(C)(=O)=O. The van der Waals surface area contributed by atoms with E-state index >= 15 is 0 Å². The molecule has 0 saturated heterocycles. The van der Waals surface area contributed by atoms with Gasteiger partial charge in [-0.2, -0.15) is 0 Å². The Labute approximate surface area is 216 Å². The Morgan fingerprint density at radius 2 is 1.67 bits per heavy atom. The van der Waals surface area contributed by atoms with Crippen molar-refractivity contribution in [1.82, 2.24) is 10.2 Å². The van der Waals surface area contributed by atoms with E-state index in [1.165, 1.54) is 10.6 Å². The lowest BCUT2D eigenvalue weighted by molar-refractivity contribution is -0.140. The minimum Gasteiger partial charge on any atom is -0.354 e. The van der Waals surface area contributed by atoms with Gasteiger partial charge in [-0.05, 0) is 74.9 Å². The summed E-state index contributed by atoms with van der Waals surface area (Å²) in [5.74, 6) is -0.358. The molecule has 2 aromatic carbocycles. The van der Waals surface area contributed by atoms with Crippen molar-refractivity contribution in [3.8, 4) is 0 Å². The number of aryl methyl sites for hydroxylation is 3. The van der Waals surface area contributed by atoms with Crippen molar-refractivity contribution in [2.75, 3.05) is 23.7 Å². The first kappa shape index (κ1) is 29.4. The summed E-state index contributed by atoms with van der Waals surface area (Å²) < 4.78 is 26.4. The van der Waals surface area contributed by atoms with Gasteiger partial charge in [-0.25, -0.2) is 8.42 Å². The molecule has 0 fully saturated rings. The van der Waals surface area contributed by atoms with Crippen LogP contribution in [0.2, 0.25) is 0 Å². The van der Waals surface area contributed by atoms with Gasteiger partial charge in [0, 0.05) is 26.1 Å². The summed E-state index contributed by atoms with van der Waals surface area (Å²) in [4.78, 5) is 27.8. The first-order chi connectivity index (χ1) is 17.0. The fourth-order valence-corrected chi connectivity index (χ4v) is 4.93. The number of nitrogens with zero attached hydrogens (tertiary/aromatic N) is 2. The molecule has 0 spiro atoms. The van der Waals surface area contributed by atoms with Gasteiger partial charge in [-0.15, -0.1) is 0 Å². The van der Waals surface area contributed by atoms with Crippen LogP contribution in [0.1, 0.15) is 61.8 Å². The van der Waals surface area contributed by atoms with Crippen LogP contribution >= 0.6 is 0 Å². The number of hydrogen-bond donors (Lipinski definition) is 1. The van der Waals surface area contributed by atoms with Gasteiger partial charge in [0.1, 0.15) is 6.04 Å². The first-order valence-corrected chi connectivity index (χ1v) is 14.5. The van der Waals surface area contributed by atoms with E-state index < -0.39 is 16.1 Å². The van der Waals surface area contributed by atoms with Crippen LogP contribution in [-0.4, -0.2) is 50.5 Å². The van der Waals surface area contributed by atoms with Crippen molar-refractivity contribution in [1.29, 1.82) is 0 Å². The zero-order valence-electron chi connectivity index (χ0n) is 22.5. The average molecular weight is 516 g/mol. The molecule has 2 rings (SSSR count). The summed E-state index contributed by atoms with van der Waals surface area (Å²) in [6.45, 7) is 10.8. The monoisotopic (exact) mass is 515 g/mol. The summed E-state index contributed by atoms with van der Waals surface area (Å²) in [5, 5.41) is 2.92. The molecule has 0 aliphatic heterocycles. The van der Waals surface area contributed by atoms with Gasteiger partial charge >= 0.3 is 0 Å². The number of amides is 2. The highest BCUT2D eigenvalue weighted by atomic mass is 32.2. The maximum absolute atomic E-state index is 13.4. The lowest BCUT2D eigenvalue weighted by Gasteiger charge is -2.30. The number of nitrogens with one attached hydrogen (secondary N) is 1. The zero-order chi connectivity index (χ0) is 26.9. The molecule has 2 amide bonds. The maximum atomic E-state index is 13.4. The molecule has 0 bridgehead atoms. The second-order valence-electron chi connectivity index (χ2n) is 9.48. The Kier molecular flexibility index (Phi) is 11.0. The van der Waals surface area contributed by atoms with Crippen molar-refractivity contribution in [2.24, 2.45) is 0 Å². The van der Waals surface area contributed by atoms with Gasteiger partial charge in [0.05, 0.1) is 11.9 Å². The molecule has 1 unspecified atom stereocenters. The van der Waals surface area contributed by atoms with Gasteiger partial charge < -0.3 is 10.2 Å². The van der Waals surface area contributed by atoms with Crippen molar-refractivity contribution in [2.45, 2.75) is 72.9 Å². The van der Waals surface area contributed by atoms with Gasteiger partial charge in [0.15, 0.2) is 0 Å². The molecule has 8 heteroatoms. The van der Waals surface area contributed by atoms with E-state index in [0.29, 0.717) is 25.2 Å². The molecule has 0 radical (unpaired) electrons. The lowest BCUT2D eigenvalue weighted by atomic mass is 10.1. The summed E-state index contributed by atoms with van der Waals surface area (Å²) in [5.41, 5.74) is 4.71. The van der Waals surface area contributed by atoms with E-state index in [0.717, 1.165) is 35.1 Å². The topological polar surface area (TPSA) is 86.8 Å². The highest BCUT2D eigenvalue weighted by molar-refractivity contribution is 7.92. The second-order valence-corrected chi connectivity index (χ2v) is 11.4. The summed E-state index contributed by atoms with van der Waals surface area (Å²) in [6.07, 6.45) is 3.50. The Bertz CT molecular complexity index is 1150. The number of hydrogen-bond acceptors (Lipinski definition) is 4. The Morgan fingerprint density at radius 1 is 0.972 bits per heavy atom. The first-order valence-electron chi connectivity index (χ1n) is 12.6. The molecule has 1 atom stereocenters. The molecule has 0 aliphatic rings. The molecule has 0 heterocycles. The summed E-state index contributed by atoms with van der Waals surface area (Å²) in [7, 11) is -3.52. The van der Waals surface area contributed by atoms with E-state index in [-0.39, 0.29) is 24.8 Å². The minimum atomic E-state index is -3.52. The second kappa shape index (κ2) is 13.4. The molecule has 36 heavy (non-hydrogen) atoms. The highest BCUT2D eigenvalue weighted by Gasteiger charge is 2.27. The predicted octanol–water partition coefficient (Wildman–Crippen LogP) is 4.49. The number of carbonyl (C=O) groups is 2. The van der Waals surface area contributed by atoms with Crippen LogP contribution in [0, 0.1) is 20.8 Å². The van der Waals surface area contributed by atoms with Crippen LogP contribution in [0.5, 0.6) is 0 Å². The van der Waals surface area contributed by atoms with Gasteiger partial charge in [0.2, 0.25) is 21.8 Å². The average Bonchev–Trinajstić information content (AvgIpc) is 2.82. The van der Waals surface area contributed by atoms with Crippen LogP contribution in [0.15, 0.2) is 42.5 Å². The van der Waals surface area contributed by atoms with Gasteiger partial charge in [-0.3, -0.25) is 13.9 Å². The Morgan fingerprint density at radius 3 is 2.28 bits per heavy atom. The quantitative estimate of drug-likeness (QED) is 0.398. The number of sulfonamides is 1. The lowest BCUT2D eigenvalue weighted by Crippen LogP contribution is -2.48. The van der Waals surface area contributed by atoms with Crippen LogP contribution in [0.4, 0.5) is 5.69 Å². The van der Waals surface area contributed by atoms with Gasteiger partial charge in [-0.1, -0.05) is 43.7 Å².